The molecule has 4 aromatic heterocycles. The third-order valence-electron chi connectivity index (χ3n) is 10.9. The highest BCUT2D eigenvalue weighted by molar-refractivity contribution is 7.26. The molecule has 4 heterocycles. The predicted octanol–water partition coefficient (Wildman–Crippen LogP) is 14.8. The van der Waals surface area contributed by atoms with Crippen molar-refractivity contribution in [2.75, 3.05) is 0 Å². The topological polar surface area (TPSA) is 51.8 Å². The van der Waals surface area contributed by atoms with Crippen LogP contribution in [0, 0.1) is 0 Å². The molecule has 0 saturated carbocycles. The van der Waals surface area contributed by atoms with Crippen LogP contribution in [0.15, 0.2) is 180 Å². The van der Waals surface area contributed by atoms with Gasteiger partial charge in [0.1, 0.15) is 11.2 Å². The van der Waals surface area contributed by atoms with E-state index in [4.69, 9.17) is 19.4 Å². The molecule has 12 rings (SSSR count). The second kappa shape index (κ2) is 12.8. The summed E-state index contributed by atoms with van der Waals surface area (Å²) in [6, 6.07) is 62.1. The van der Waals surface area contributed by atoms with Gasteiger partial charge in [0.2, 0.25) is 0 Å². The Labute approximate surface area is 335 Å². The molecular formula is C51H29N3OS2. The van der Waals surface area contributed by atoms with Crippen molar-refractivity contribution in [2.24, 2.45) is 0 Å². The van der Waals surface area contributed by atoms with E-state index >= 15 is 0 Å². The SMILES string of the molecule is c1ccc(-c2nc(-c3ccccc3)nc(-c3cccc4c3oc3cccc(-c5cc(-c6ccc7sc8ccccc8c7c6)c6sc7ccccc7c6c5)c34)n2)cc1. The molecule has 0 spiro atoms. The number of nitrogens with zero attached hydrogens (tertiary/aromatic N) is 3. The van der Waals surface area contributed by atoms with Crippen molar-refractivity contribution >= 4 is 85.0 Å². The van der Waals surface area contributed by atoms with Gasteiger partial charge in [0.05, 0.1) is 5.56 Å². The lowest BCUT2D eigenvalue weighted by Gasteiger charge is -2.11. The lowest BCUT2D eigenvalue weighted by molar-refractivity contribution is 0.669. The Bertz CT molecular complexity index is 3470. The largest absolute Gasteiger partial charge is 0.455 e. The quantitative estimate of drug-likeness (QED) is 0.175. The molecule has 0 unspecified atom stereocenters. The first-order chi connectivity index (χ1) is 28.2. The number of hydrogen-bond acceptors (Lipinski definition) is 6. The summed E-state index contributed by atoms with van der Waals surface area (Å²) in [6.07, 6.45) is 0. The van der Waals surface area contributed by atoms with Crippen LogP contribution in [-0.4, -0.2) is 15.0 Å². The van der Waals surface area contributed by atoms with E-state index in [-0.39, 0.29) is 0 Å². The van der Waals surface area contributed by atoms with Gasteiger partial charge in [-0.05, 0) is 65.2 Å². The zero-order valence-corrected chi connectivity index (χ0v) is 31.9. The van der Waals surface area contributed by atoms with Crippen LogP contribution in [0.4, 0.5) is 0 Å². The van der Waals surface area contributed by atoms with E-state index < -0.39 is 0 Å². The first-order valence-electron chi connectivity index (χ1n) is 18.9. The summed E-state index contributed by atoms with van der Waals surface area (Å²) in [5, 5.41) is 7.22. The fraction of sp³-hybridized carbons (Fsp3) is 0. The Kier molecular flexibility index (Phi) is 7.24. The molecule has 57 heavy (non-hydrogen) atoms. The normalized spacial score (nSPS) is 11.9. The van der Waals surface area contributed by atoms with Crippen LogP contribution < -0.4 is 0 Å². The molecule has 6 heteroatoms. The average Bonchev–Trinajstić information content (AvgIpc) is 3.98. The molecule has 0 aliphatic heterocycles. The molecule has 0 bridgehead atoms. The van der Waals surface area contributed by atoms with Gasteiger partial charge in [0.25, 0.3) is 0 Å². The monoisotopic (exact) mass is 763 g/mol. The number of thiophene rings is 2. The lowest BCUT2D eigenvalue weighted by Crippen LogP contribution is -2.00. The van der Waals surface area contributed by atoms with E-state index in [0.29, 0.717) is 17.5 Å². The number of para-hydroxylation sites is 1. The van der Waals surface area contributed by atoms with Crippen molar-refractivity contribution in [2.45, 2.75) is 0 Å². The van der Waals surface area contributed by atoms with E-state index in [1.165, 1.54) is 51.5 Å². The number of rotatable bonds is 5. The Morgan fingerprint density at radius 1 is 0.351 bits per heavy atom. The second-order valence-electron chi connectivity index (χ2n) is 14.3. The number of benzene rings is 8. The van der Waals surface area contributed by atoms with Gasteiger partial charge in [-0.15, -0.1) is 22.7 Å². The van der Waals surface area contributed by atoms with Crippen molar-refractivity contribution in [3.8, 4) is 56.4 Å². The molecule has 8 aromatic carbocycles. The van der Waals surface area contributed by atoms with E-state index in [1.54, 1.807) is 0 Å². The third kappa shape index (κ3) is 5.22. The molecule has 0 aliphatic rings. The lowest BCUT2D eigenvalue weighted by atomic mass is 9.93. The number of hydrogen-bond donors (Lipinski definition) is 0. The van der Waals surface area contributed by atoms with Gasteiger partial charge >= 0.3 is 0 Å². The molecule has 0 saturated heterocycles. The average molecular weight is 764 g/mol. The Morgan fingerprint density at radius 3 is 1.68 bits per heavy atom. The maximum Gasteiger partial charge on any atom is 0.167 e. The molecule has 0 aliphatic carbocycles. The molecule has 0 N–H and O–H groups in total. The molecular weight excluding hydrogens is 735 g/mol. The van der Waals surface area contributed by atoms with Gasteiger partial charge in [-0.1, -0.05) is 127 Å². The van der Waals surface area contributed by atoms with E-state index in [2.05, 4.69) is 115 Å². The predicted molar refractivity (Wildman–Crippen MR) is 240 cm³/mol. The van der Waals surface area contributed by atoms with Gasteiger partial charge in [-0.2, -0.15) is 0 Å². The maximum atomic E-state index is 6.83. The molecule has 0 radical (unpaired) electrons. The standard InChI is InChI=1S/C51H29N3OS2/c1-3-13-30(14-4-1)49-52-50(31-15-5-2-6-16-31)54-51(53-49)38-21-11-20-37-46-34(19-12-22-42(46)55-47(37)38)33-28-39(48-41(29-33)36-18-8-10-24-44(36)57-48)32-25-26-45-40(27-32)35-17-7-9-23-43(35)56-45/h1-29H. The van der Waals surface area contributed by atoms with Crippen molar-refractivity contribution in [1.29, 1.82) is 0 Å². The van der Waals surface area contributed by atoms with Crippen LogP contribution >= 0.6 is 22.7 Å². The summed E-state index contributed by atoms with van der Waals surface area (Å²) >= 11 is 3.72. The minimum absolute atomic E-state index is 0.568. The van der Waals surface area contributed by atoms with Crippen LogP contribution in [0.3, 0.4) is 0 Å². The van der Waals surface area contributed by atoms with Gasteiger partial charge in [-0.25, -0.2) is 15.0 Å². The summed E-state index contributed by atoms with van der Waals surface area (Å²) in [5.41, 5.74) is 8.96. The number of fused-ring (bicyclic) bond motifs is 9. The van der Waals surface area contributed by atoms with Gasteiger partial charge in [0, 0.05) is 67.8 Å². The van der Waals surface area contributed by atoms with Crippen LogP contribution in [0.25, 0.3) is 119 Å². The summed E-state index contributed by atoms with van der Waals surface area (Å²) in [4.78, 5) is 15.0. The van der Waals surface area contributed by atoms with Crippen LogP contribution in [0.5, 0.6) is 0 Å². The van der Waals surface area contributed by atoms with Crippen molar-refractivity contribution in [1.82, 2.24) is 15.0 Å². The Balaban J connectivity index is 1.09. The summed E-state index contributed by atoms with van der Waals surface area (Å²) in [5.74, 6) is 1.80. The number of aromatic nitrogens is 3. The van der Waals surface area contributed by atoms with E-state index in [9.17, 15) is 0 Å². The van der Waals surface area contributed by atoms with E-state index in [1.807, 2.05) is 83.3 Å². The highest BCUT2D eigenvalue weighted by atomic mass is 32.1. The second-order valence-corrected chi connectivity index (χ2v) is 16.4. The Morgan fingerprint density at radius 2 is 0.930 bits per heavy atom. The smallest absolute Gasteiger partial charge is 0.167 e. The Hall–Kier alpha value is -6.99. The van der Waals surface area contributed by atoms with Crippen molar-refractivity contribution in [3.63, 3.8) is 0 Å². The van der Waals surface area contributed by atoms with Crippen molar-refractivity contribution in [3.05, 3.63) is 176 Å². The molecule has 0 atom stereocenters. The molecule has 0 fully saturated rings. The van der Waals surface area contributed by atoms with Crippen LogP contribution in [-0.2, 0) is 0 Å². The molecule has 4 nitrogen and oxygen atoms in total. The first kappa shape index (κ1) is 32.3. The fourth-order valence-corrected chi connectivity index (χ4v) is 10.6. The zero-order chi connectivity index (χ0) is 37.5. The highest BCUT2D eigenvalue weighted by Crippen LogP contribution is 2.47. The number of furan rings is 1. The van der Waals surface area contributed by atoms with Gasteiger partial charge < -0.3 is 4.42 Å². The van der Waals surface area contributed by atoms with Gasteiger partial charge in [-0.3, -0.25) is 0 Å². The molecule has 0 amide bonds. The van der Waals surface area contributed by atoms with Gasteiger partial charge in [0.15, 0.2) is 17.5 Å². The van der Waals surface area contributed by atoms with E-state index in [0.717, 1.165) is 49.8 Å². The first-order valence-corrected chi connectivity index (χ1v) is 20.6. The highest BCUT2D eigenvalue weighted by Gasteiger charge is 2.21. The summed E-state index contributed by atoms with van der Waals surface area (Å²) in [7, 11) is 0. The minimum atomic E-state index is 0.568. The third-order valence-corrected chi connectivity index (χ3v) is 13.3. The van der Waals surface area contributed by atoms with Crippen LogP contribution in [0.2, 0.25) is 0 Å². The summed E-state index contributed by atoms with van der Waals surface area (Å²) < 4.78 is 12.0. The maximum absolute atomic E-state index is 6.83. The van der Waals surface area contributed by atoms with Crippen LogP contribution in [0.1, 0.15) is 0 Å². The fourth-order valence-electron chi connectivity index (χ4n) is 8.28. The molecule has 12 aromatic rings. The zero-order valence-electron chi connectivity index (χ0n) is 30.3. The van der Waals surface area contributed by atoms with Crippen molar-refractivity contribution < 1.29 is 4.42 Å². The molecule has 266 valence electrons. The summed E-state index contributed by atoms with van der Waals surface area (Å²) in [6.45, 7) is 0. The minimum Gasteiger partial charge on any atom is -0.455 e.